The van der Waals surface area contributed by atoms with Crippen LogP contribution in [0.4, 0.5) is 0 Å². The number of hydrogen-bond acceptors (Lipinski definition) is 1. The molecule has 17 heavy (non-hydrogen) atoms. The SMILES string of the molecule is C[C@H](N)CC1c2ccccc2-c2ccccc21. The minimum atomic E-state index is 0.235. The average Bonchev–Trinajstić information content (AvgIpc) is 2.65. The van der Waals surface area contributed by atoms with E-state index in [1.165, 1.54) is 22.3 Å². The molecule has 0 heterocycles. The van der Waals surface area contributed by atoms with E-state index >= 15 is 0 Å². The number of benzene rings is 2. The van der Waals surface area contributed by atoms with E-state index in [0.717, 1.165) is 6.42 Å². The molecule has 0 aromatic heterocycles. The van der Waals surface area contributed by atoms with Crippen molar-refractivity contribution in [1.29, 1.82) is 0 Å². The molecule has 2 aromatic rings. The highest BCUT2D eigenvalue weighted by molar-refractivity contribution is 5.78. The van der Waals surface area contributed by atoms with E-state index in [9.17, 15) is 0 Å². The Morgan fingerprint density at radius 2 is 1.41 bits per heavy atom. The van der Waals surface area contributed by atoms with Crippen molar-refractivity contribution in [2.75, 3.05) is 0 Å². The van der Waals surface area contributed by atoms with Gasteiger partial charge in [-0.25, -0.2) is 0 Å². The number of hydrogen-bond donors (Lipinski definition) is 1. The van der Waals surface area contributed by atoms with Gasteiger partial charge in [0.2, 0.25) is 0 Å². The Labute approximate surface area is 102 Å². The first kappa shape index (κ1) is 10.5. The second-order valence-corrected chi connectivity index (χ2v) is 4.94. The van der Waals surface area contributed by atoms with Gasteiger partial charge in [0.1, 0.15) is 0 Å². The summed E-state index contributed by atoms with van der Waals surface area (Å²) in [5, 5.41) is 0. The molecule has 1 heteroatoms. The van der Waals surface area contributed by atoms with E-state index in [4.69, 9.17) is 5.73 Å². The second kappa shape index (κ2) is 4.01. The molecule has 0 fully saturated rings. The van der Waals surface area contributed by atoms with Crippen molar-refractivity contribution in [3.8, 4) is 11.1 Å². The molecular weight excluding hydrogens is 206 g/mol. The molecule has 86 valence electrons. The first-order valence-electron chi connectivity index (χ1n) is 6.21. The first-order valence-corrected chi connectivity index (χ1v) is 6.21. The summed E-state index contributed by atoms with van der Waals surface area (Å²) >= 11 is 0. The summed E-state index contributed by atoms with van der Waals surface area (Å²) in [6, 6.07) is 17.6. The lowest BCUT2D eigenvalue weighted by molar-refractivity contribution is 0.616. The number of nitrogens with two attached hydrogens (primary N) is 1. The van der Waals surface area contributed by atoms with Gasteiger partial charge in [-0.15, -0.1) is 0 Å². The third kappa shape index (κ3) is 1.67. The Bertz CT molecular complexity index is 497. The lowest BCUT2D eigenvalue weighted by Crippen LogP contribution is -2.18. The fourth-order valence-electron chi connectivity index (χ4n) is 2.89. The molecule has 0 unspecified atom stereocenters. The molecule has 3 rings (SSSR count). The summed E-state index contributed by atoms with van der Waals surface area (Å²) < 4.78 is 0. The number of fused-ring (bicyclic) bond motifs is 3. The van der Waals surface area contributed by atoms with E-state index in [2.05, 4.69) is 55.5 Å². The third-order valence-electron chi connectivity index (χ3n) is 3.57. The topological polar surface area (TPSA) is 26.0 Å². The molecule has 0 saturated heterocycles. The van der Waals surface area contributed by atoms with Crippen molar-refractivity contribution in [2.24, 2.45) is 5.73 Å². The predicted octanol–water partition coefficient (Wildman–Crippen LogP) is 3.54. The molecule has 1 aliphatic rings. The van der Waals surface area contributed by atoms with Crippen molar-refractivity contribution in [3.63, 3.8) is 0 Å². The lowest BCUT2D eigenvalue weighted by atomic mass is 9.91. The maximum absolute atomic E-state index is 5.99. The third-order valence-corrected chi connectivity index (χ3v) is 3.57. The van der Waals surface area contributed by atoms with Crippen LogP contribution in [0, 0.1) is 0 Å². The molecule has 1 nitrogen and oxygen atoms in total. The number of rotatable bonds is 2. The largest absolute Gasteiger partial charge is 0.328 e. The van der Waals surface area contributed by atoms with Crippen LogP contribution in [0.5, 0.6) is 0 Å². The van der Waals surface area contributed by atoms with Gasteiger partial charge < -0.3 is 5.73 Å². The molecule has 1 atom stereocenters. The Kier molecular flexibility index (Phi) is 2.49. The van der Waals surface area contributed by atoms with Gasteiger partial charge in [-0.1, -0.05) is 48.5 Å². The van der Waals surface area contributed by atoms with Crippen LogP contribution in [-0.2, 0) is 0 Å². The second-order valence-electron chi connectivity index (χ2n) is 4.94. The Morgan fingerprint density at radius 1 is 0.941 bits per heavy atom. The molecule has 0 amide bonds. The molecule has 0 saturated carbocycles. The van der Waals surface area contributed by atoms with Gasteiger partial charge in [-0.05, 0) is 35.6 Å². The zero-order valence-corrected chi connectivity index (χ0v) is 10.1. The van der Waals surface area contributed by atoms with Crippen LogP contribution in [0.3, 0.4) is 0 Å². The minimum Gasteiger partial charge on any atom is -0.328 e. The highest BCUT2D eigenvalue weighted by atomic mass is 14.6. The van der Waals surface area contributed by atoms with Gasteiger partial charge in [-0.3, -0.25) is 0 Å². The summed E-state index contributed by atoms with van der Waals surface area (Å²) in [6.07, 6.45) is 1.02. The Balaban J connectivity index is 2.17. The van der Waals surface area contributed by atoms with Crippen molar-refractivity contribution in [2.45, 2.75) is 25.3 Å². The van der Waals surface area contributed by atoms with Crippen LogP contribution < -0.4 is 5.73 Å². The van der Waals surface area contributed by atoms with Crippen LogP contribution >= 0.6 is 0 Å². The van der Waals surface area contributed by atoms with E-state index in [1.807, 2.05) is 0 Å². The van der Waals surface area contributed by atoms with Crippen LogP contribution in [0.1, 0.15) is 30.4 Å². The van der Waals surface area contributed by atoms with Gasteiger partial charge in [0, 0.05) is 12.0 Å². The van der Waals surface area contributed by atoms with Crippen LogP contribution in [0.25, 0.3) is 11.1 Å². The lowest BCUT2D eigenvalue weighted by Gasteiger charge is -2.15. The zero-order valence-electron chi connectivity index (χ0n) is 10.1. The maximum Gasteiger partial charge on any atom is 0.0116 e. The standard InChI is InChI=1S/C16H17N/c1-11(17)10-16-14-8-4-2-6-12(14)13-7-3-5-9-15(13)16/h2-9,11,16H,10,17H2,1H3/t11-/m0/s1. The van der Waals surface area contributed by atoms with Crippen molar-refractivity contribution < 1.29 is 0 Å². The van der Waals surface area contributed by atoms with E-state index in [0.29, 0.717) is 5.92 Å². The van der Waals surface area contributed by atoms with Crippen molar-refractivity contribution in [3.05, 3.63) is 59.7 Å². The van der Waals surface area contributed by atoms with Crippen LogP contribution in [-0.4, -0.2) is 6.04 Å². The molecular formula is C16H17N. The van der Waals surface area contributed by atoms with Gasteiger partial charge in [0.15, 0.2) is 0 Å². The average molecular weight is 223 g/mol. The molecule has 0 spiro atoms. The molecule has 0 bridgehead atoms. The predicted molar refractivity (Wildman–Crippen MR) is 72.0 cm³/mol. The summed E-state index contributed by atoms with van der Waals surface area (Å²) in [4.78, 5) is 0. The fraction of sp³-hybridized carbons (Fsp3) is 0.250. The van der Waals surface area contributed by atoms with Gasteiger partial charge in [-0.2, -0.15) is 0 Å². The monoisotopic (exact) mass is 223 g/mol. The maximum atomic E-state index is 5.99. The van der Waals surface area contributed by atoms with E-state index in [-0.39, 0.29) is 6.04 Å². The smallest absolute Gasteiger partial charge is 0.0116 e. The van der Waals surface area contributed by atoms with E-state index < -0.39 is 0 Å². The normalized spacial score (nSPS) is 15.4. The summed E-state index contributed by atoms with van der Waals surface area (Å²) in [7, 11) is 0. The molecule has 2 aromatic carbocycles. The molecule has 0 radical (unpaired) electrons. The Morgan fingerprint density at radius 3 is 1.88 bits per heavy atom. The first-order chi connectivity index (χ1) is 8.27. The van der Waals surface area contributed by atoms with Crippen LogP contribution in [0.2, 0.25) is 0 Å². The summed E-state index contributed by atoms with van der Waals surface area (Å²) in [5.41, 5.74) is 11.6. The van der Waals surface area contributed by atoms with Crippen LogP contribution in [0.15, 0.2) is 48.5 Å². The Hall–Kier alpha value is -1.60. The fourth-order valence-corrected chi connectivity index (χ4v) is 2.89. The van der Waals surface area contributed by atoms with Gasteiger partial charge in [0.05, 0.1) is 0 Å². The highest BCUT2D eigenvalue weighted by Crippen LogP contribution is 2.46. The minimum absolute atomic E-state index is 0.235. The molecule has 2 N–H and O–H groups in total. The highest BCUT2D eigenvalue weighted by Gasteiger charge is 2.28. The zero-order chi connectivity index (χ0) is 11.8. The molecule has 0 aliphatic heterocycles. The van der Waals surface area contributed by atoms with Gasteiger partial charge >= 0.3 is 0 Å². The summed E-state index contributed by atoms with van der Waals surface area (Å²) in [6.45, 7) is 2.09. The van der Waals surface area contributed by atoms with Gasteiger partial charge in [0.25, 0.3) is 0 Å². The van der Waals surface area contributed by atoms with Crippen molar-refractivity contribution >= 4 is 0 Å². The molecule has 1 aliphatic carbocycles. The van der Waals surface area contributed by atoms with E-state index in [1.54, 1.807) is 0 Å². The summed E-state index contributed by atoms with van der Waals surface area (Å²) in [5.74, 6) is 0.474. The van der Waals surface area contributed by atoms with Crippen molar-refractivity contribution in [1.82, 2.24) is 0 Å². The quantitative estimate of drug-likeness (QED) is 0.828.